The molecule has 0 bridgehead atoms. The summed E-state index contributed by atoms with van der Waals surface area (Å²) in [6.45, 7) is 8.02. The second kappa shape index (κ2) is 10.2. The third-order valence-electron chi connectivity index (χ3n) is 4.96. The predicted octanol–water partition coefficient (Wildman–Crippen LogP) is 5.18. The van der Waals surface area contributed by atoms with Crippen molar-refractivity contribution >= 4 is 33.6 Å². The molecule has 0 saturated heterocycles. The molecular formula is C18H32N2O3Sn. The van der Waals surface area contributed by atoms with E-state index in [1.165, 1.54) is 6.92 Å². The summed E-state index contributed by atoms with van der Waals surface area (Å²) in [4.78, 5) is 25.9. The fourth-order valence-electron chi connectivity index (χ4n) is 3.51. The van der Waals surface area contributed by atoms with Crippen LogP contribution in [-0.4, -0.2) is 34.1 Å². The topological polar surface area (TPSA) is 76.0 Å². The van der Waals surface area contributed by atoms with Gasteiger partial charge in [0.2, 0.25) is 0 Å². The molecule has 0 aliphatic carbocycles. The van der Waals surface area contributed by atoms with Crippen molar-refractivity contribution in [2.45, 2.75) is 79.5 Å². The number of nitro groups is 1. The molecule has 0 aliphatic heterocycles. The van der Waals surface area contributed by atoms with Crippen LogP contribution in [-0.2, 0) is 0 Å². The van der Waals surface area contributed by atoms with Gasteiger partial charge < -0.3 is 0 Å². The molecule has 1 aromatic rings. The summed E-state index contributed by atoms with van der Waals surface area (Å²) in [6, 6.07) is 1.84. The zero-order valence-corrected chi connectivity index (χ0v) is 18.5. The first kappa shape index (κ1) is 21.2. The summed E-state index contributed by atoms with van der Waals surface area (Å²) >= 11 is -2.91. The van der Waals surface area contributed by atoms with Gasteiger partial charge in [-0.2, -0.15) is 0 Å². The minimum absolute atomic E-state index is 0.110. The molecule has 1 rings (SSSR count). The molecule has 0 aliphatic rings. The van der Waals surface area contributed by atoms with E-state index in [-0.39, 0.29) is 16.5 Å². The standard InChI is InChI=1S/C6H5N2O3.3C4H9.Sn/c1-4(9)5-2-3-6(7-5)8(10)11;3*1-3-4-2;/h2,7H,1H3;3*1,3-4H2,2H3;. The number of aromatic amines is 1. The van der Waals surface area contributed by atoms with E-state index in [4.69, 9.17) is 0 Å². The van der Waals surface area contributed by atoms with Gasteiger partial charge in [-0.25, -0.2) is 0 Å². The Hall–Kier alpha value is -0.851. The van der Waals surface area contributed by atoms with Crippen molar-refractivity contribution in [1.29, 1.82) is 0 Å². The average Bonchev–Trinajstić information content (AvgIpc) is 3.01. The molecule has 0 radical (unpaired) electrons. The second-order valence-electron chi connectivity index (χ2n) is 6.85. The minimum atomic E-state index is -2.91. The third-order valence-corrected chi connectivity index (χ3v) is 20.5. The van der Waals surface area contributed by atoms with Crippen molar-refractivity contribution < 1.29 is 9.72 Å². The first-order valence-electron chi connectivity index (χ1n) is 9.30. The first-order valence-corrected chi connectivity index (χ1v) is 16.8. The van der Waals surface area contributed by atoms with Gasteiger partial charge in [0.05, 0.1) is 0 Å². The van der Waals surface area contributed by atoms with Crippen molar-refractivity contribution in [2.75, 3.05) is 0 Å². The van der Waals surface area contributed by atoms with Crippen LogP contribution in [0.2, 0.25) is 13.3 Å². The first-order chi connectivity index (χ1) is 11.4. The monoisotopic (exact) mass is 444 g/mol. The fraction of sp³-hybridized carbons (Fsp3) is 0.722. The number of aromatic nitrogens is 1. The van der Waals surface area contributed by atoms with Gasteiger partial charge in [-0.05, 0) is 0 Å². The number of nitrogens with one attached hydrogen (secondary N) is 1. The summed E-state index contributed by atoms with van der Waals surface area (Å²) in [6.07, 6.45) is 6.78. The Kier molecular flexibility index (Phi) is 9.02. The van der Waals surface area contributed by atoms with Gasteiger partial charge in [0.1, 0.15) is 0 Å². The van der Waals surface area contributed by atoms with Crippen LogP contribution in [0.15, 0.2) is 6.07 Å². The molecule has 0 aromatic carbocycles. The maximum atomic E-state index is 11.8. The van der Waals surface area contributed by atoms with Crippen LogP contribution < -0.4 is 3.58 Å². The van der Waals surface area contributed by atoms with Crippen LogP contribution in [0.5, 0.6) is 0 Å². The van der Waals surface area contributed by atoms with Crippen molar-refractivity contribution in [2.24, 2.45) is 0 Å². The Balaban J connectivity index is 3.42. The Morgan fingerprint density at radius 2 is 1.54 bits per heavy atom. The maximum absolute atomic E-state index is 11.8. The van der Waals surface area contributed by atoms with Crippen molar-refractivity contribution in [1.82, 2.24) is 4.98 Å². The van der Waals surface area contributed by atoms with Crippen LogP contribution in [0.3, 0.4) is 0 Å². The Morgan fingerprint density at radius 1 is 1.08 bits per heavy atom. The molecule has 136 valence electrons. The zero-order chi connectivity index (χ0) is 18.2. The van der Waals surface area contributed by atoms with Gasteiger partial charge in [0, 0.05) is 0 Å². The van der Waals surface area contributed by atoms with Crippen molar-refractivity contribution in [3.8, 4) is 0 Å². The van der Waals surface area contributed by atoms with E-state index in [1.807, 2.05) is 6.07 Å². The summed E-state index contributed by atoms with van der Waals surface area (Å²) in [5, 5.41) is 11.6. The van der Waals surface area contributed by atoms with Gasteiger partial charge in [0.25, 0.3) is 0 Å². The summed E-state index contributed by atoms with van der Waals surface area (Å²) in [5.74, 6) is -0.00896. The van der Waals surface area contributed by atoms with E-state index in [0.717, 1.165) is 55.4 Å². The SMILES string of the molecule is CCC[CH2][Sn]([CH2]CCC)([CH2]CCC)[c]1cc(C(C)=O)[nH]c1[N+](=O)[O-]. The Labute approximate surface area is 149 Å². The number of rotatable bonds is 12. The number of nitrogens with zero attached hydrogens (tertiary/aromatic N) is 1. The van der Waals surface area contributed by atoms with E-state index < -0.39 is 18.4 Å². The van der Waals surface area contributed by atoms with E-state index >= 15 is 0 Å². The van der Waals surface area contributed by atoms with Gasteiger partial charge >= 0.3 is 150 Å². The number of Topliss-reactive ketones (excluding diaryl/α,β-unsaturated/α-hetero) is 1. The van der Waals surface area contributed by atoms with E-state index in [2.05, 4.69) is 25.8 Å². The van der Waals surface area contributed by atoms with Crippen LogP contribution in [0, 0.1) is 10.1 Å². The van der Waals surface area contributed by atoms with E-state index in [1.54, 1.807) is 0 Å². The molecule has 0 fully saturated rings. The quantitative estimate of drug-likeness (QED) is 0.209. The van der Waals surface area contributed by atoms with Crippen LogP contribution in [0.4, 0.5) is 5.82 Å². The second-order valence-corrected chi connectivity index (χ2v) is 20.0. The van der Waals surface area contributed by atoms with Gasteiger partial charge in [0.15, 0.2) is 0 Å². The van der Waals surface area contributed by atoms with Gasteiger partial charge in [-0.1, -0.05) is 0 Å². The molecule has 1 heterocycles. The normalized spacial score (nSPS) is 11.7. The van der Waals surface area contributed by atoms with Gasteiger partial charge in [-0.15, -0.1) is 0 Å². The molecule has 24 heavy (non-hydrogen) atoms. The van der Waals surface area contributed by atoms with E-state index in [0.29, 0.717) is 5.69 Å². The predicted molar refractivity (Wildman–Crippen MR) is 102 cm³/mol. The van der Waals surface area contributed by atoms with Crippen molar-refractivity contribution in [3.63, 3.8) is 0 Å². The molecule has 1 N–H and O–H groups in total. The number of carbonyl (C=O) groups excluding carboxylic acids is 1. The Morgan fingerprint density at radius 3 is 1.88 bits per heavy atom. The Bertz CT molecular complexity index is 533. The molecule has 0 unspecified atom stereocenters. The summed E-state index contributed by atoms with van der Waals surface area (Å²) in [7, 11) is 0. The van der Waals surface area contributed by atoms with Gasteiger partial charge in [-0.3, -0.25) is 0 Å². The van der Waals surface area contributed by atoms with Crippen LogP contribution >= 0.6 is 0 Å². The van der Waals surface area contributed by atoms with Crippen LogP contribution in [0.25, 0.3) is 0 Å². The van der Waals surface area contributed by atoms with Crippen LogP contribution in [0.1, 0.15) is 76.7 Å². The zero-order valence-electron chi connectivity index (χ0n) is 15.6. The molecule has 1 aromatic heterocycles. The molecular weight excluding hydrogens is 411 g/mol. The number of unbranched alkanes of at least 4 members (excludes halogenated alkanes) is 3. The summed E-state index contributed by atoms with van der Waals surface area (Å²) in [5.41, 5.74) is 0.405. The number of H-pyrrole nitrogens is 1. The number of carbonyl (C=O) groups is 1. The number of hydrogen-bond donors (Lipinski definition) is 1. The molecule has 6 heteroatoms. The van der Waals surface area contributed by atoms with E-state index in [9.17, 15) is 14.9 Å². The molecule has 0 amide bonds. The molecule has 0 atom stereocenters. The number of hydrogen-bond acceptors (Lipinski definition) is 3. The molecule has 0 saturated carbocycles. The average molecular weight is 443 g/mol. The number of ketones is 1. The summed E-state index contributed by atoms with van der Waals surface area (Å²) < 4.78 is 4.42. The molecule has 5 nitrogen and oxygen atoms in total. The van der Waals surface area contributed by atoms with Crippen molar-refractivity contribution in [3.05, 3.63) is 21.9 Å². The fourth-order valence-corrected chi connectivity index (χ4v) is 19.9. The third kappa shape index (κ3) is 5.33. The molecule has 0 spiro atoms.